The van der Waals surface area contributed by atoms with E-state index in [-0.39, 0.29) is 17.6 Å². The topological polar surface area (TPSA) is 81.8 Å². The Bertz CT molecular complexity index is 622. The van der Waals surface area contributed by atoms with Crippen LogP contribution in [-0.4, -0.2) is 21.3 Å². The fourth-order valence-corrected chi connectivity index (χ4v) is 1.94. The summed E-state index contributed by atoms with van der Waals surface area (Å²) < 4.78 is 12.8. The van der Waals surface area contributed by atoms with Gasteiger partial charge in [0.1, 0.15) is 17.7 Å². The van der Waals surface area contributed by atoms with Gasteiger partial charge in [-0.05, 0) is 43.2 Å². The molecule has 0 bridgehead atoms. The van der Waals surface area contributed by atoms with Crippen LogP contribution in [0.2, 0.25) is 0 Å². The van der Waals surface area contributed by atoms with Gasteiger partial charge in [0.25, 0.3) is 0 Å². The SMILES string of the molecule is CC(CC(O)c1ccc(F)cc1)Nc1ccc(C#N)nn1. The number of nitrogens with zero attached hydrogens (tertiary/aromatic N) is 3. The Morgan fingerprint density at radius 3 is 2.52 bits per heavy atom. The molecule has 0 aliphatic carbocycles. The molecule has 1 aromatic carbocycles. The molecule has 2 N–H and O–H groups in total. The van der Waals surface area contributed by atoms with E-state index in [1.54, 1.807) is 24.3 Å². The number of hydrogen-bond donors (Lipinski definition) is 2. The molecule has 1 heterocycles. The summed E-state index contributed by atoms with van der Waals surface area (Å²) in [7, 11) is 0. The van der Waals surface area contributed by atoms with Crippen LogP contribution in [0.5, 0.6) is 0 Å². The normalized spacial score (nSPS) is 13.2. The molecule has 0 spiro atoms. The minimum Gasteiger partial charge on any atom is -0.388 e. The molecule has 0 aliphatic heterocycles. The molecular weight excluding hydrogens is 271 g/mol. The third-order valence-corrected chi connectivity index (χ3v) is 3.00. The Labute approximate surface area is 122 Å². The van der Waals surface area contributed by atoms with E-state index in [4.69, 9.17) is 5.26 Å². The lowest BCUT2D eigenvalue weighted by atomic mass is 10.0. The molecule has 0 amide bonds. The molecule has 2 aromatic rings. The van der Waals surface area contributed by atoms with E-state index in [9.17, 15) is 9.50 Å². The number of nitrogens with one attached hydrogen (secondary N) is 1. The molecule has 0 aliphatic rings. The van der Waals surface area contributed by atoms with Gasteiger partial charge in [-0.25, -0.2) is 4.39 Å². The Hall–Kier alpha value is -2.52. The maximum absolute atomic E-state index is 12.8. The summed E-state index contributed by atoms with van der Waals surface area (Å²) in [6.07, 6.45) is -0.257. The third-order valence-electron chi connectivity index (χ3n) is 3.00. The van der Waals surface area contributed by atoms with Crippen molar-refractivity contribution >= 4 is 5.82 Å². The zero-order valence-electron chi connectivity index (χ0n) is 11.5. The summed E-state index contributed by atoms with van der Waals surface area (Å²) in [4.78, 5) is 0. The van der Waals surface area contributed by atoms with Gasteiger partial charge in [0.15, 0.2) is 5.69 Å². The molecule has 0 saturated heterocycles. The monoisotopic (exact) mass is 286 g/mol. The van der Waals surface area contributed by atoms with Gasteiger partial charge in [-0.15, -0.1) is 10.2 Å². The summed E-state index contributed by atoms with van der Waals surface area (Å²) in [5.74, 6) is 0.206. The van der Waals surface area contributed by atoms with Crippen LogP contribution in [0.1, 0.15) is 30.7 Å². The summed E-state index contributed by atoms with van der Waals surface area (Å²) in [6, 6.07) is 10.8. The number of hydrogen-bond acceptors (Lipinski definition) is 5. The van der Waals surface area contributed by atoms with E-state index in [0.717, 1.165) is 0 Å². The van der Waals surface area contributed by atoms with Crippen molar-refractivity contribution in [2.24, 2.45) is 0 Å². The molecule has 2 rings (SSSR count). The smallest absolute Gasteiger partial charge is 0.163 e. The maximum atomic E-state index is 12.8. The molecule has 2 atom stereocenters. The number of rotatable bonds is 5. The largest absolute Gasteiger partial charge is 0.388 e. The summed E-state index contributed by atoms with van der Waals surface area (Å²) in [5.41, 5.74) is 0.913. The van der Waals surface area contributed by atoms with Crippen LogP contribution in [0.25, 0.3) is 0 Å². The zero-order chi connectivity index (χ0) is 15.2. The van der Waals surface area contributed by atoms with Crippen molar-refractivity contribution in [3.05, 3.63) is 53.5 Å². The Balaban J connectivity index is 1.92. The van der Waals surface area contributed by atoms with E-state index in [1.807, 2.05) is 13.0 Å². The fourth-order valence-electron chi connectivity index (χ4n) is 1.94. The van der Waals surface area contributed by atoms with Crippen LogP contribution < -0.4 is 5.32 Å². The summed E-state index contributed by atoms with van der Waals surface area (Å²) in [5, 5.41) is 29.4. The van der Waals surface area contributed by atoms with Crippen LogP contribution in [0, 0.1) is 17.1 Å². The average Bonchev–Trinajstić information content (AvgIpc) is 2.48. The van der Waals surface area contributed by atoms with Crippen molar-refractivity contribution in [3.63, 3.8) is 0 Å². The van der Waals surface area contributed by atoms with E-state index in [2.05, 4.69) is 15.5 Å². The highest BCUT2D eigenvalue weighted by Crippen LogP contribution is 2.20. The first kappa shape index (κ1) is 14.9. The molecule has 2 unspecified atom stereocenters. The van der Waals surface area contributed by atoms with Gasteiger partial charge < -0.3 is 10.4 Å². The van der Waals surface area contributed by atoms with Gasteiger partial charge in [0.2, 0.25) is 0 Å². The lowest BCUT2D eigenvalue weighted by Gasteiger charge is -2.18. The number of anilines is 1. The minimum atomic E-state index is -0.695. The van der Waals surface area contributed by atoms with Crippen LogP contribution in [0.4, 0.5) is 10.2 Å². The molecule has 0 radical (unpaired) electrons. The van der Waals surface area contributed by atoms with E-state index < -0.39 is 6.10 Å². The quantitative estimate of drug-likeness (QED) is 0.882. The Kier molecular flexibility index (Phi) is 4.80. The molecule has 6 heteroatoms. The van der Waals surface area contributed by atoms with Gasteiger partial charge in [0.05, 0.1) is 6.10 Å². The number of aliphatic hydroxyl groups is 1. The van der Waals surface area contributed by atoms with Crippen molar-refractivity contribution in [3.8, 4) is 6.07 Å². The van der Waals surface area contributed by atoms with Crippen molar-refractivity contribution in [1.29, 1.82) is 5.26 Å². The number of aromatic nitrogens is 2. The van der Waals surface area contributed by atoms with Crippen molar-refractivity contribution in [2.75, 3.05) is 5.32 Å². The van der Waals surface area contributed by atoms with E-state index in [0.29, 0.717) is 17.8 Å². The molecule has 21 heavy (non-hydrogen) atoms. The van der Waals surface area contributed by atoms with Crippen molar-refractivity contribution < 1.29 is 9.50 Å². The van der Waals surface area contributed by atoms with Crippen LogP contribution in [0.3, 0.4) is 0 Å². The highest BCUT2D eigenvalue weighted by molar-refractivity contribution is 5.36. The predicted octanol–water partition coefficient (Wildman–Crippen LogP) is 2.41. The first-order chi connectivity index (χ1) is 10.1. The lowest BCUT2D eigenvalue weighted by molar-refractivity contribution is 0.162. The average molecular weight is 286 g/mol. The van der Waals surface area contributed by atoms with Crippen molar-refractivity contribution in [2.45, 2.75) is 25.5 Å². The minimum absolute atomic E-state index is 0.0627. The highest BCUT2D eigenvalue weighted by atomic mass is 19.1. The molecule has 0 saturated carbocycles. The Morgan fingerprint density at radius 1 is 1.24 bits per heavy atom. The van der Waals surface area contributed by atoms with E-state index >= 15 is 0 Å². The number of benzene rings is 1. The Morgan fingerprint density at radius 2 is 1.95 bits per heavy atom. The first-order valence-electron chi connectivity index (χ1n) is 6.52. The molecule has 1 aromatic heterocycles. The zero-order valence-corrected chi connectivity index (χ0v) is 11.5. The number of nitriles is 1. The van der Waals surface area contributed by atoms with Crippen molar-refractivity contribution in [1.82, 2.24) is 10.2 Å². The molecular formula is C15H15FN4O. The van der Waals surface area contributed by atoms with Gasteiger partial charge >= 0.3 is 0 Å². The number of halogens is 1. The highest BCUT2D eigenvalue weighted by Gasteiger charge is 2.13. The second kappa shape index (κ2) is 6.77. The van der Waals surface area contributed by atoms with Crippen LogP contribution in [-0.2, 0) is 0 Å². The van der Waals surface area contributed by atoms with Crippen LogP contribution >= 0.6 is 0 Å². The van der Waals surface area contributed by atoms with Gasteiger partial charge in [-0.3, -0.25) is 0 Å². The third kappa shape index (κ3) is 4.23. The first-order valence-corrected chi connectivity index (χ1v) is 6.52. The van der Waals surface area contributed by atoms with Crippen LogP contribution in [0.15, 0.2) is 36.4 Å². The van der Waals surface area contributed by atoms with E-state index in [1.165, 1.54) is 12.1 Å². The molecule has 0 fully saturated rings. The summed E-state index contributed by atoms with van der Waals surface area (Å²) >= 11 is 0. The van der Waals surface area contributed by atoms with Gasteiger partial charge in [-0.1, -0.05) is 12.1 Å². The number of aliphatic hydroxyl groups excluding tert-OH is 1. The van der Waals surface area contributed by atoms with Gasteiger partial charge in [-0.2, -0.15) is 5.26 Å². The lowest BCUT2D eigenvalue weighted by Crippen LogP contribution is -2.19. The predicted molar refractivity (Wildman–Crippen MR) is 75.8 cm³/mol. The second-order valence-electron chi connectivity index (χ2n) is 4.76. The maximum Gasteiger partial charge on any atom is 0.163 e. The molecule has 108 valence electrons. The second-order valence-corrected chi connectivity index (χ2v) is 4.76. The standard InChI is InChI=1S/C15H15FN4O/c1-10(18-15-7-6-13(9-17)19-20-15)8-14(21)11-2-4-12(16)5-3-11/h2-7,10,14,21H,8H2,1H3,(H,18,20). The van der Waals surface area contributed by atoms with Gasteiger partial charge in [0, 0.05) is 6.04 Å². The molecule has 5 nitrogen and oxygen atoms in total. The fraction of sp³-hybridized carbons (Fsp3) is 0.267. The summed E-state index contributed by atoms with van der Waals surface area (Å²) in [6.45, 7) is 1.90.